The molecule has 0 aliphatic heterocycles. The van der Waals surface area contributed by atoms with E-state index in [1.165, 1.54) is 0 Å². The van der Waals surface area contributed by atoms with Crippen LogP contribution < -0.4 is 5.32 Å². The third kappa shape index (κ3) is 6.08. The van der Waals surface area contributed by atoms with Crippen molar-refractivity contribution in [2.45, 2.75) is 24.4 Å². The van der Waals surface area contributed by atoms with E-state index in [1.807, 2.05) is 0 Å². The molecule has 0 aliphatic carbocycles. The van der Waals surface area contributed by atoms with E-state index < -0.39 is 42.9 Å². The predicted octanol–water partition coefficient (Wildman–Crippen LogP) is -3.73. The fourth-order valence-corrected chi connectivity index (χ4v) is 1.17. The minimum Gasteiger partial charge on any atom is -0.461 e. The normalized spacial score (nSPS) is 16.6. The zero-order valence-corrected chi connectivity index (χ0v) is 10.7. The number of carbonyl (C=O) groups is 2. The second kappa shape index (κ2) is 9.39. The molecule has 0 aliphatic rings. The molecule has 0 unspecified atom stereocenters. The summed E-state index contributed by atoms with van der Waals surface area (Å²) < 4.78 is 4.55. The summed E-state index contributed by atoms with van der Waals surface area (Å²) in [5.41, 5.74) is 0. The second-order valence-electron chi connectivity index (χ2n) is 3.84. The van der Waals surface area contributed by atoms with Crippen molar-refractivity contribution in [3.63, 3.8) is 0 Å². The monoisotopic (exact) mass is 293 g/mol. The van der Waals surface area contributed by atoms with Crippen molar-refractivity contribution >= 4 is 11.9 Å². The van der Waals surface area contributed by atoms with Crippen molar-refractivity contribution in [1.82, 2.24) is 5.32 Å². The Kier molecular flexibility index (Phi) is 8.68. The molecule has 0 rings (SSSR count). The van der Waals surface area contributed by atoms with Gasteiger partial charge in [0, 0.05) is 6.08 Å². The molecule has 9 heteroatoms. The fourth-order valence-electron chi connectivity index (χ4n) is 1.17. The maximum Gasteiger partial charge on any atom is 0.330 e. The lowest BCUT2D eigenvalue weighted by Crippen LogP contribution is -2.52. The van der Waals surface area contributed by atoms with E-state index in [-0.39, 0.29) is 13.2 Å². The Labute approximate surface area is 115 Å². The highest BCUT2D eigenvalue weighted by atomic mass is 16.5. The minimum absolute atomic E-state index is 0.124. The van der Waals surface area contributed by atoms with Crippen LogP contribution in [0, 0.1) is 0 Å². The number of rotatable bonds is 9. The Balaban J connectivity index is 4.14. The Morgan fingerprint density at radius 1 is 1.20 bits per heavy atom. The van der Waals surface area contributed by atoms with Gasteiger partial charge in [-0.15, -0.1) is 0 Å². The first-order valence-electron chi connectivity index (χ1n) is 5.75. The maximum atomic E-state index is 11.4. The topological polar surface area (TPSA) is 157 Å². The molecule has 9 nitrogen and oxygen atoms in total. The van der Waals surface area contributed by atoms with Gasteiger partial charge in [-0.3, -0.25) is 4.79 Å². The van der Waals surface area contributed by atoms with E-state index in [2.05, 4.69) is 16.6 Å². The molecule has 4 atom stereocenters. The summed E-state index contributed by atoms with van der Waals surface area (Å²) in [5.74, 6) is -1.71. The van der Waals surface area contributed by atoms with Gasteiger partial charge in [0.25, 0.3) is 5.91 Å². The first-order valence-corrected chi connectivity index (χ1v) is 5.75. The molecular weight excluding hydrogens is 274 g/mol. The van der Waals surface area contributed by atoms with Gasteiger partial charge in [-0.2, -0.15) is 0 Å². The van der Waals surface area contributed by atoms with Crippen LogP contribution >= 0.6 is 0 Å². The standard InChI is InChI=1S/C11H19NO8/c1-2-7(15)20-4-3-12-11(19)10(18)9(17)8(16)6(14)5-13/h2,6,8-10,13-14,16-18H,1,3-5H2,(H,12,19)/t6-,8-,9+,10-/m1/s1. The molecule has 0 saturated heterocycles. The van der Waals surface area contributed by atoms with E-state index in [1.54, 1.807) is 0 Å². The van der Waals surface area contributed by atoms with Crippen LogP contribution in [-0.2, 0) is 14.3 Å². The molecule has 0 bridgehead atoms. The molecule has 20 heavy (non-hydrogen) atoms. The molecule has 0 spiro atoms. The summed E-state index contributed by atoms with van der Waals surface area (Å²) in [6, 6.07) is 0. The van der Waals surface area contributed by atoms with E-state index in [9.17, 15) is 24.9 Å². The van der Waals surface area contributed by atoms with E-state index in [0.29, 0.717) is 0 Å². The molecule has 0 aromatic rings. The van der Waals surface area contributed by atoms with Gasteiger partial charge in [-0.25, -0.2) is 4.79 Å². The Morgan fingerprint density at radius 3 is 2.30 bits per heavy atom. The first kappa shape index (κ1) is 18.5. The van der Waals surface area contributed by atoms with Crippen molar-refractivity contribution < 1.29 is 39.9 Å². The number of nitrogens with one attached hydrogen (secondary N) is 1. The van der Waals surface area contributed by atoms with Crippen LogP contribution in [0.15, 0.2) is 12.7 Å². The highest BCUT2D eigenvalue weighted by Gasteiger charge is 2.33. The lowest BCUT2D eigenvalue weighted by molar-refractivity contribution is -0.149. The van der Waals surface area contributed by atoms with Gasteiger partial charge in [0.1, 0.15) is 24.9 Å². The first-order chi connectivity index (χ1) is 9.34. The molecule has 0 radical (unpaired) electrons. The predicted molar refractivity (Wildman–Crippen MR) is 65.3 cm³/mol. The third-order valence-electron chi connectivity index (χ3n) is 2.34. The van der Waals surface area contributed by atoms with Crippen molar-refractivity contribution in [2.24, 2.45) is 0 Å². The fraction of sp³-hybridized carbons (Fsp3) is 0.636. The summed E-state index contributed by atoms with van der Waals surface area (Å²) in [4.78, 5) is 22.0. The van der Waals surface area contributed by atoms with E-state index in [0.717, 1.165) is 6.08 Å². The number of amides is 1. The largest absolute Gasteiger partial charge is 0.461 e. The van der Waals surface area contributed by atoms with Crippen molar-refractivity contribution in [2.75, 3.05) is 19.8 Å². The average Bonchev–Trinajstić information content (AvgIpc) is 2.47. The number of carbonyl (C=O) groups excluding carboxylic acids is 2. The third-order valence-corrected chi connectivity index (χ3v) is 2.34. The second-order valence-corrected chi connectivity index (χ2v) is 3.84. The summed E-state index contributed by atoms with van der Waals surface area (Å²) >= 11 is 0. The lowest BCUT2D eigenvalue weighted by Gasteiger charge is -2.24. The number of ether oxygens (including phenoxy) is 1. The average molecular weight is 293 g/mol. The summed E-state index contributed by atoms with van der Waals surface area (Å²) in [7, 11) is 0. The molecule has 0 saturated carbocycles. The van der Waals surface area contributed by atoms with Gasteiger partial charge < -0.3 is 35.6 Å². The number of hydrogen-bond donors (Lipinski definition) is 6. The van der Waals surface area contributed by atoms with Crippen LogP contribution in [0.3, 0.4) is 0 Å². The summed E-state index contributed by atoms with van der Waals surface area (Å²) in [6.45, 7) is 2.03. The van der Waals surface area contributed by atoms with Crippen LogP contribution in [0.2, 0.25) is 0 Å². The number of aliphatic hydroxyl groups is 5. The molecule has 1 amide bonds. The van der Waals surface area contributed by atoms with Crippen LogP contribution in [0.1, 0.15) is 0 Å². The molecule has 0 aromatic carbocycles. The van der Waals surface area contributed by atoms with Crippen LogP contribution in [-0.4, -0.2) is 81.6 Å². The van der Waals surface area contributed by atoms with Crippen molar-refractivity contribution in [1.29, 1.82) is 0 Å². The highest BCUT2D eigenvalue weighted by molar-refractivity contribution is 5.82. The van der Waals surface area contributed by atoms with Gasteiger partial charge >= 0.3 is 5.97 Å². The smallest absolute Gasteiger partial charge is 0.330 e. The summed E-state index contributed by atoms with van der Waals surface area (Å²) in [5, 5.41) is 47.9. The number of esters is 1. The Hall–Kier alpha value is -1.52. The SMILES string of the molecule is C=CC(=O)OCCNC(=O)[C@H](O)[C@@H](O)[C@H](O)[C@H](O)CO. The van der Waals surface area contributed by atoms with Gasteiger partial charge in [0.2, 0.25) is 0 Å². The molecular formula is C11H19NO8. The quantitative estimate of drug-likeness (QED) is 0.144. The molecule has 0 heterocycles. The van der Waals surface area contributed by atoms with Crippen LogP contribution in [0.25, 0.3) is 0 Å². The van der Waals surface area contributed by atoms with Crippen LogP contribution in [0.4, 0.5) is 0 Å². The number of hydrogen-bond acceptors (Lipinski definition) is 8. The Bertz CT molecular complexity index is 334. The van der Waals surface area contributed by atoms with Gasteiger partial charge in [0.15, 0.2) is 6.10 Å². The van der Waals surface area contributed by atoms with E-state index in [4.69, 9.17) is 10.2 Å². The van der Waals surface area contributed by atoms with E-state index >= 15 is 0 Å². The van der Waals surface area contributed by atoms with Gasteiger partial charge in [-0.05, 0) is 0 Å². The zero-order valence-electron chi connectivity index (χ0n) is 10.7. The molecule has 6 N–H and O–H groups in total. The molecule has 0 aromatic heterocycles. The van der Waals surface area contributed by atoms with Gasteiger partial charge in [-0.1, -0.05) is 6.58 Å². The highest BCUT2D eigenvalue weighted by Crippen LogP contribution is 2.05. The summed E-state index contributed by atoms with van der Waals surface area (Å²) in [6.07, 6.45) is -6.64. The van der Waals surface area contributed by atoms with Crippen molar-refractivity contribution in [3.8, 4) is 0 Å². The Morgan fingerprint density at radius 2 is 1.80 bits per heavy atom. The van der Waals surface area contributed by atoms with Crippen molar-refractivity contribution in [3.05, 3.63) is 12.7 Å². The lowest BCUT2D eigenvalue weighted by atomic mass is 10.0. The van der Waals surface area contributed by atoms with Gasteiger partial charge in [0.05, 0.1) is 13.2 Å². The number of aliphatic hydroxyl groups excluding tert-OH is 5. The maximum absolute atomic E-state index is 11.4. The van der Waals surface area contributed by atoms with Crippen LogP contribution in [0.5, 0.6) is 0 Å². The molecule has 0 fully saturated rings. The zero-order chi connectivity index (χ0) is 15.7. The minimum atomic E-state index is -2.01. The molecule has 116 valence electrons.